The van der Waals surface area contributed by atoms with Gasteiger partial charge in [-0.05, 0) is 51.4 Å². The number of Topliss-reactive ketones (excluding diaryl/α,β-unsaturated/α-hetero) is 1. The van der Waals surface area contributed by atoms with Gasteiger partial charge in [-0.2, -0.15) is 0 Å². The van der Waals surface area contributed by atoms with Gasteiger partial charge >= 0.3 is 0 Å². The minimum Gasteiger partial charge on any atom is -0.292 e. The van der Waals surface area contributed by atoms with Gasteiger partial charge in [0.2, 0.25) is 0 Å². The van der Waals surface area contributed by atoms with Crippen molar-refractivity contribution in [3.8, 4) is 0 Å². The number of carbonyl (C=O) groups excluding carboxylic acids is 1. The van der Waals surface area contributed by atoms with Crippen molar-refractivity contribution in [1.82, 2.24) is 4.90 Å². The molecule has 1 aromatic carbocycles. The fourth-order valence-corrected chi connectivity index (χ4v) is 3.27. The van der Waals surface area contributed by atoms with Crippen LogP contribution in [0.2, 0.25) is 10.0 Å². The van der Waals surface area contributed by atoms with E-state index in [4.69, 9.17) is 23.2 Å². The molecule has 110 valence electrons. The predicted molar refractivity (Wildman–Crippen MR) is 84.9 cm³/mol. The first kappa shape index (κ1) is 15.8. The second kappa shape index (κ2) is 6.46. The lowest BCUT2D eigenvalue weighted by Crippen LogP contribution is -2.54. The van der Waals surface area contributed by atoms with Crippen molar-refractivity contribution in [1.29, 1.82) is 0 Å². The zero-order valence-electron chi connectivity index (χ0n) is 12.1. The molecule has 1 atom stereocenters. The highest BCUT2D eigenvalue weighted by atomic mass is 35.5. The van der Waals surface area contributed by atoms with E-state index >= 15 is 0 Å². The number of carbonyl (C=O) groups is 1. The highest BCUT2D eigenvalue weighted by Gasteiger charge is 2.39. The largest absolute Gasteiger partial charge is 0.292 e. The quantitative estimate of drug-likeness (QED) is 0.742. The van der Waals surface area contributed by atoms with Crippen LogP contribution in [0.15, 0.2) is 18.2 Å². The van der Waals surface area contributed by atoms with Crippen molar-refractivity contribution in [2.24, 2.45) is 0 Å². The third-order valence-corrected chi connectivity index (χ3v) is 5.25. The molecular weight excluding hydrogens is 293 g/mol. The molecule has 1 aliphatic heterocycles. The molecule has 1 heterocycles. The molecule has 4 heteroatoms. The summed E-state index contributed by atoms with van der Waals surface area (Å²) in [5.41, 5.74) is 0.0449. The zero-order valence-corrected chi connectivity index (χ0v) is 13.6. The molecule has 2 nitrogen and oxygen atoms in total. The molecule has 1 saturated heterocycles. The lowest BCUT2D eigenvalue weighted by Gasteiger charge is -2.42. The summed E-state index contributed by atoms with van der Waals surface area (Å²) in [6.45, 7) is 6.05. The van der Waals surface area contributed by atoms with Gasteiger partial charge in [0.1, 0.15) is 0 Å². The van der Waals surface area contributed by atoms with Crippen LogP contribution in [0.25, 0.3) is 0 Å². The average molecular weight is 314 g/mol. The number of piperidine rings is 1. The molecule has 0 amide bonds. The Kier molecular flexibility index (Phi) is 5.11. The first-order valence-electron chi connectivity index (χ1n) is 7.24. The van der Waals surface area contributed by atoms with E-state index in [1.54, 1.807) is 18.2 Å². The van der Waals surface area contributed by atoms with Gasteiger partial charge in [-0.3, -0.25) is 9.69 Å². The Balaban J connectivity index is 2.34. The predicted octanol–water partition coefficient (Wildman–Crippen LogP) is 4.83. The molecule has 0 N–H and O–H groups in total. The summed E-state index contributed by atoms with van der Waals surface area (Å²) in [7, 11) is 0. The Hall–Kier alpha value is -0.570. The van der Waals surface area contributed by atoms with Gasteiger partial charge < -0.3 is 0 Å². The van der Waals surface area contributed by atoms with E-state index in [9.17, 15) is 4.79 Å². The first-order valence-corrected chi connectivity index (χ1v) is 8.00. The normalized spacial score (nSPS) is 19.6. The molecule has 1 fully saturated rings. The number of hydrogen-bond acceptors (Lipinski definition) is 2. The topological polar surface area (TPSA) is 20.3 Å². The highest BCUT2D eigenvalue weighted by Crippen LogP contribution is 2.33. The van der Waals surface area contributed by atoms with Gasteiger partial charge in [-0.25, -0.2) is 0 Å². The molecular formula is C16H21Cl2NO. The molecule has 1 aliphatic rings. The van der Waals surface area contributed by atoms with Crippen LogP contribution in [0.1, 0.15) is 49.9 Å². The monoisotopic (exact) mass is 313 g/mol. The van der Waals surface area contributed by atoms with Crippen LogP contribution in [0.4, 0.5) is 0 Å². The van der Waals surface area contributed by atoms with Crippen LogP contribution in [-0.4, -0.2) is 29.3 Å². The Morgan fingerprint density at radius 3 is 2.50 bits per heavy atom. The second-order valence-electron chi connectivity index (χ2n) is 5.61. The van der Waals surface area contributed by atoms with Crippen LogP contribution in [0, 0.1) is 0 Å². The fourth-order valence-electron chi connectivity index (χ4n) is 2.88. The van der Waals surface area contributed by atoms with Gasteiger partial charge in [0.15, 0.2) is 5.78 Å². The average Bonchev–Trinajstić information content (AvgIpc) is 2.49. The van der Waals surface area contributed by atoms with Crippen LogP contribution in [0.3, 0.4) is 0 Å². The highest BCUT2D eigenvalue weighted by molar-refractivity contribution is 6.44. The summed E-state index contributed by atoms with van der Waals surface area (Å²) in [5, 5.41) is 0.811. The molecule has 20 heavy (non-hydrogen) atoms. The summed E-state index contributed by atoms with van der Waals surface area (Å²) in [5.74, 6) is 0.0781. The van der Waals surface area contributed by atoms with E-state index in [1.807, 2.05) is 6.92 Å². The molecule has 2 rings (SSSR count). The van der Waals surface area contributed by atoms with Gasteiger partial charge in [0, 0.05) is 5.56 Å². The van der Waals surface area contributed by atoms with Crippen molar-refractivity contribution in [3.63, 3.8) is 0 Å². The maximum atomic E-state index is 13.0. The molecule has 0 radical (unpaired) electrons. The lowest BCUT2D eigenvalue weighted by atomic mass is 9.85. The third kappa shape index (κ3) is 2.88. The number of rotatable bonds is 4. The molecule has 1 aromatic rings. The molecule has 0 spiro atoms. The van der Waals surface area contributed by atoms with Crippen molar-refractivity contribution in [2.45, 2.75) is 45.1 Å². The molecule has 0 aromatic heterocycles. The summed E-state index contributed by atoms with van der Waals surface area (Å²) < 4.78 is 0. The fraction of sp³-hybridized carbons (Fsp3) is 0.562. The second-order valence-corrected chi connectivity index (χ2v) is 6.39. The maximum absolute atomic E-state index is 13.0. The van der Waals surface area contributed by atoms with Crippen LogP contribution >= 0.6 is 23.2 Å². The lowest BCUT2D eigenvalue weighted by molar-refractivity contribution is 0.0505. The van der Waals surface area contributed by atoms with E-state index in [0.717, 1.165) is 32.4 Å². The van der Waals surface area contributed by atoms with E-state index in [0.29, 0.717) is 15.6 Å². The van der Waals surface area contributed by atoms with Crippen molar-refractivity contribution >= 4 is 29.0 Å². The Bertz CT molecular complexity index is 497. The smallest absolute Gasteiger partial charge is 0.184 e. The van der Waals surface area contributed by atoms with Gasteiger partial charge in [0.05, 0.1) is 15.6 Å². The van der Waals surface area contributed by atoms with Crippen LogP contribution in [0.5, 0.6) is 0 Å². The number of likely N-dealkylation sites (tertiary alicyclic amines) is 1. The number of benzene rings is 1. The molecule has 0 bridgehead atoms. The molecule has 1 unspecified atom stereocenters. The van der Waals surface area contributed by atoms with Crippen molar-refractivity contribution in [3.05, 3.63) is 33.8 Å². The van der Waals surface area contributed by atoms with Crippen LogP contribution < -0.4 is 0 Å². The number of ketones is 1. The number of nitrogens with zero attached hydrogens (tertiary/aromatic N) is 1. The van der Waals surface area contributed by atoms with E-state index in [-0.39, 0.29) is 5.78 Å². The summed E-state index contributed by atoms with van der Waals surface area (Å²) in [4.78, 5) is 15.3. The molecule has 0 aliphatic carbocycles. The SMILES string of the molecule is CCC(C)(C(=O)c1cccc(Cl)c1Cl)N1CCCCC1. The Morgan fingerprint density at radius 1 is 1.25 bits per heavy atom. The van der Waals surface area contributed by atoms with E-state index < -0.39 is 5.54 Å². The van der Waals surface area contributed by atoms with Crippen molar-refractivity contribution < 1.29 is 4.79 Å². The first-order chi connectivity index (χ1) is 9.50. The summed E-state index contributed by atoms with van der Waals surface area (Å²) in [6.07, 6.45) is 4.34. The minimum absolute atomic E-state index is 0.0781. The Morgan fingerprint density at radius 2 is 1.90 bits per heavy atom. The Labute approximate surface area is 131 Å². The summed E-state index contributed by atoms with van der Waals surface area (Å²) in [6, 6.07) is 5.27. The number of hydrogen-bond donors (Lipinski definition) is 0. The maximum Gasteiger partial charge on any atom is 0.184 e. The third-order valence-electron chi connectivity index (χ3n) is 4.43. The summed E-state index contributed by atoms with van der Waals surface area (Å²) >= 11 is 12.3. The zero-order chi connectivity index (χ0) is 14.8. The van der Waals surface area contributed by atoms with Gasteiger partial charge in [-0.1, -0.05) is 42.6 Å². The number of halogens is 2. The van der Waals surface area contributed by atoms with Gasteiger partial charge in [-0.15, -0.1) is 0 Å². The van der Waals surface area contributed by atoms with Crippen molar-refractivity contribution in [2.75, 3.05) is 13.1 Å². The van der Waals surface area contributed by atoms with Crippen LogP contribution in [-0.2, 0) is 0 Å². The van der Waals surface area contributed by atoms with E-state index in [2.05, 4.69) is 11.8 Å². The van der Waals surface area contributed by atoms with Gasteiger partial charge in [0.25, 0.3) is 0 Å². The van der Waals surface area contributed by atoms with E-state index in [1.165, 1.54) is 6.42 Å². The minimum atomic E-state index is -0.491. The molecule has 0 saturated carbocycles. The standard InChI is InChI=1S/C16H21Cl2NO/c1-3-16(2,19-10-5-4-6-11-19)15(20)12-8-7-9-13(17)14(12)18/h7-9H,3-6,10-11H2,1-2H3.